The van der Waals surface area contributed by atoms with E-state index >= 15 is 0 Å². The van der Waals surface area contributed by atoms with Gasteiger partial charge in [-0.25, -0.2) is 0 Å². The zero-order valence-electron chi connectivity index (χ0n) is 11.4. The first-order valence-electron chi connectivity index (χ1n) is 7.45. The second kappa shape index (κ2) is 6.42. The molecule has 0 aromatic heterocycles. The Morgan fingerprint density at radius 3 is 2.68 bits per heavy atom. The molecular weight excluding hydrogens is 264 g/mol. The van der Waals surface area contributed by atoms with Crippen LogP contribution in [0.25, 0.3) is 0 Å². The maximum Gasteiger partial charge on any atom is 0.251 e. The van der Waals surface area contributed by atoms with Gasteiger partial charge >= 0.3 is 0 Å². The number of piperidine rings is 1. The third-order valence-corrected chi connectivity index (χ3v) is 4.92. The summed E-state index contributed by atoms with van der Waals surface area (Å²) in [5.74, 6) is 0.997. The number of hydrogen-bond acceptors (Lipinski definition) is 3. The number of carbonyl (C=O) groups excluding carboxylic acids is 1. The summed E-state index contributed by atoms with van der Waals surface area (Å²) < 4.78 is 5.76. The number of amides is 1. The van der Waals surface area contributed by atoms with Crippen LogP contribution >= 0.6 is 12.4 Å². The number of nitrogens with zero attached hydrogens (tertiary/aromatic N) is 1. The predicted molar refractivity (Wildman–Crippen MR) is 76.3 cm³/mol. The molecule has 2 N–H and O–H groups in total. The van der Waals surface area contributed by atoms with Crippen molar-refractivity contribution in [3.63, 3.8) is 0 Å². The first-order chi connectivity index (χ1) is 8.79. The molecule has 4 nitrogen and oxygen atoms in total. The fourth-order valence-corrected chi connectivity index (χ4v) is 3.97. The van der Waals surface area contributed by atoms with Crippen molar-refractivity contribution >= 4 is 18.3 Å². The molecule has 1 saturated carbocycles. The average Bonchev–Trinajstić information content (AvgIpc) is 3.05. The SMILES string of the molecule is Cl.NC[C@H]1CC[C@@H](C(=O)N2CCCC3CCCC32)O1. The molecule has 3 fully saturated rings. The van der Waals surface area contributed by atoms with Crippen molar-refractivity contribution < 1.29 is 9.53 Å². The van der Waals surface area contributed by atoms with E-state index in [2.05, 4.69) is 4.90 Å². The number of carbonyl (C=O) groups is 1. The fraction of sp³-hybridized carbons (Fsp3) is 0.929. The maximum absolute atomic E-state index is 12.6. The highest BCUT2D eigenvalue weighted by Crippen LogP contribution is 2.37. The molecule has 110 valence electrons. The Labute approximate surface area is 121 Å². The van der Waals surface area contributed by atoms with Crippen LogP contribution in [-0.4, -0.2) is 42.1 Å². The topological polar surface area (TPSA) is 55.6 Å². The monoisotopic (exact) mass is 288 g/mol. The molecular formula is C14H25ClN2O2. The van der Waals surface area contributed by atoms with E-state index in [1.54, 1.807) is 0 Å². The van der Waals surface area contributed by atoms with Crippen LogP contribution in [0.1, 0.15) is 44.9 Å². The molecule has 3 rings (SSSR count). The Morgan fingerprint density at radius 2 is 1.95 bits per heavy atom. The molecule has 5 heteroatoms. The second-order valence-electron chi connectivity index (χ2n) is 5.99. The van der Waals surface area contributed by atoms with Crippen molar-refractivity contribution in [1.82, 2.24) is 4.90 Å². The number of halogens is 1. The highest BCUT2D eigenvalue weighted by molar-refractivity contribution is 5.85. The number of likely N-dealkylation sites (tertiary alicyclic amines) is 1. The summed E-state index contributed by atoms with van der Waals surface area (Å²) in [6.45, 7) is 1.48. The maximum atomic E-state index is 12.6. The average molecular weight is 289 g/mol. The van der Waals surface area contributed by atoms with E-state index < -0.39 is 0 Å². The van der Waals surface area contributed by atoms with E-state index in [9.17, 15) is 4.79 Å². The van der Waals surface area contributed by atoms with Crippen molar-refractivity contribution in [2.75, 3.05) is 13.1 Å². The first kappa shape index (κ1) is 15.1. The Kier molecular flexibility index (Phi) is 5.09. The third kappa shape index (κ3) is 2.91. The summed E-state index contributed by atoms with van der Waals surface area (Å²) in [5, 5.41) is 0. The van der Waals surface area contributed by atoms with Crippen LogP contribution in [0.15, 0.2) is 0 Å². The van der Waals surface area contributed by atoms with Crippen molar-refractivity contribution in [1.29, 1.82) is 0 Å². The van der Waals surface area contributed by atoms with Crippen molar-refractivity contribution in [3.8, 4) is 0 Å². The normalized spacial score (nSPS) is 37.8. The molecule has 0 radical (unpaired) electrons. The number of fused-ring (bicyclic) bond motifs is 1. The van der Waals surface area contributed by atoms with Gasteiger partial charge in [-0.2, -0.15) is 0 Å². The number of nitrogens with two attached hydrogens (primary N) is 1. The predicted octanol–water partition coefficient (Wildman–Crippen LogP) is 1.71. The molecule has 2 saturated heterocycles. The van der Waals surface area contributed by atoms with E-state index in [0.29, 0.717) is 12.6 Å². The molecule has 0 spiro atoms. The molecule has 2 heterocycles. The van der Waals surface area contributed by atoms with Crippen LogP contribution in [-0.2, 0) is 9.53 Å². The summed E-state index contributed by atoms with van der Waals surface area (Å²) in [4.78, 5) is 14.7. The lowest BCUT2D eigenvalue weighted by Gasteiger charge is -2.39. The van der Waals surface area contributed by atoms with Gasteiger partial charge < -0.3 is 15.4 Å². The van der Waals surface area contributed by atoms with Gasteiger partial charge in [0, 0.05) is 19.1 Å². The lowest BCUT2D eigenvalue weighted by atomic mass is 9.91. The van der Waals surface area contributed by atoms with E-state index in [1.165, 1.54) is 32.1 Å². The lowest BCUT2D eigenvalue weighted by Crippen LogP contribution is -2.50. The van der Waals surface area contributed by atoms with Crippen molar-refractivity contribution in [3.05, 3.63) is 0 Å². The lowest BCUT2D eigenvalue weighted by molar-refractivity contribution is -0.147. The smallest absolute Gasteiger partial charge is 0.251 e. The van der Waals surface area contributed by atoms with Gasteiger partial charge in [-0.1, -0.05) is 6.42 Å². The van der Waals surface area contributed by atoms with E-state index in [-0.39, 0.29) is 30.5 Å². The molecule has 19 heavy (non-hydrogen) atoms. The first-order valence-corrected chi connectivity index (χ1v) is 7.45. The molecule has 0 bridgehead atoms. The molecule has 1 aliphatic carbocycles. The molecule has 0 aromatic carbocycles. The fourth-order valence-electron chi connectivity index (χ4n) is 3.97. The number of ether oxygens (including phenoxy) is 1. The van der Waals surface area contributed by atoms with E-state index in [1.807, 2.05) is 0 Å². The molecule has 2 aliphatic heterocycles. The minimum absolute atomic E-state index is 0. The van der Waals surface area contributed by atoms with Crippen LogP contribution in [0.2, 0.25) is 0 Å². The quantitative estimate of drug-likeness (QED) is 0.841. The molecule has 3 aliphatic rings. The second-order valence-corrected chi connectivity index (χ2v) is 5.99. The van der Waals surface area contributed by atoms with Gasteiger partial charge in [0.15, 0.2) is 0 Å². The summed E-state index contributed by atoms with van der Waals surface area (Å²) in [6, 6.07) is 0.506. The van der Waals surface area contributed by atoms with Crippen LogP contribution in [0.5, 0.6) is 0 Å². The van der Waals surface area contributed by atoms with Crippen LogP contribution in [0.3, 0.4) is 0 Å². The summed E-state index contributed by atoms with van der Waals surface area (Å²) in [6.07, 6.45) is 7.96. The Hall–Kier alpha value is -0.320. The Morgan fingerprint density at radius 1 is 1.16 bits per heavy atom. The van der Waals surface area contributed by atoms with Gasteiger partial charge in [0.25, 0.3) is 5.91 Å². The summed E-state index contributed by atoms with van der Waals surface area (Å²) in [5.41, 5.74) is 5.61. The molecule has 0 aromatic rings. The Bertz CT molecular complexity index is 327. The van der Waals surface area contributed by atoms with Crippen LogP contribution in [0, 0.1) is 5.92 Å². The largest absolute Gasteiger partial charge is 0.364 e. The van der Waals surface area contributed by atoms with Crippen LogP contribution < -0.4 is 5.73 Å². The van der Waals surface area contributed by atoms with Gasteiger partial charge in [0.05, 0.1) is 6.10 Å². The molecule has 4 atom stereocenters. The highest BCUT2D eigenvalue weighted by Gasteiger charge is 2.41. The zero-order valence-corrected chi connectivity index (χ0v) is 12.2. The summed E-state index contributed by atoms with van der Waals surface area (Å²) >= 11 is 0. The van der Waals surface area contributed by atoms with Gasteiger partial charge in [0.1, 0.15) is 6.10 Å². The minimum Gasteiger partial charge on any atom is -0.364 e. The van der Waals surface area contributed by atoms with Crippen LogP contribution in [0.4, 0.5) is 0 Å². The van der Waals surface area contributed by atoms with Crippen molar-refractivity contribution in [2.45, 2.75) is 63.2 Å². The van der Waals surface area contributed by atoms with E-state index in [0.717, 1.165) is 25.3 Å². The minimum atomic E-state index is -0.210. The van der Waals surface area contributed by atoms with E-state index in [4.69, 9.17) is 10.5 Å². The van der Waals surface area contributed by atoms with Gasteiger partial charge in [-0.15, -0.1) is 12.4 Å². The van der Waals surface area contributed by atoms with Gasteiger partial charge in [-0.3, -0.25) is 4.79 Å². The standard InChI is InChI=1S/C14H24N2O2.ClH/c15-9-11-6-7-13(18-11)14(17)16-8-2-4-10-3-1-5-12(10)16;/h10-13H,1-9,15H2;1H/t10?,11-,12?,13+;/m1./s1. The zero-order chi connectivity index (χ0) is 12.5. The molecule has 2 unspecified atom stereocenters. The summed E-state index contributed by atoms with van der Waals surface area (Å²) in [7, 11) is 0. The van der Waals surface area contributed by atoms with Gasteiger partial charge in [0.2, 0.25) is 0 Å². The highest BCUT2D eigenvalue weighted by atomic mass is 35.5. The van der Waals surface area contributed by atoms with Gasteiger partial charge in [-0.05, 0) is 44.4 Å². The number of hydrogen-bond donors (Lipinski definition) is 1. The molecule has 1 amide bonds. The Balaban J connectivity index is 0.00000133. The third-order valence-electron chi connectivity index (χ3n) is 4.92. The number of rotatable bonds is 2. The van der Waals surface area contributed by atoms with Crippen molar-refractivity contribution in [2.24, 2.45) is 11.7 Å².